The largest absolute Gasteiger partial charge is 0.497 e. The van der Waals surface area contributed by atoms with Crippen LogP contribution in [0.3, 0.4) is 0 Å². The summed E-state index contributed by atoms with van der Waals surface area (Å²) in [6, 6.07) is 8.72. The van der Waals surface area contributed by atoms with Gasteiger partial charge in [0.15, 0.2) is 0 Å². The SMILES string of the molecule is COc1ccc(C=C2C(=O)NC(=O)N(c3ccc(F)cc3)C2=O)c(OC)c1. The first kappa shape index (κ1) is 18.1. The van der Waals surface area contributed by atoms with Gasteiger partial charge in [-0.3, -0.25) is 14.9 Å². The van der Waals surface area contributed by atoms with Crippen molar-refractivity contribution < 1.29 is 28.2 Å². The molecule has 27 heavy (non-hydrogen) atoms. The van der Waals surface area contributed by atoms with Crippen LogP contribution in [0.5, 0.6) is 11.5 Å². The zero-order chi connectivity index (χ0) is 19.6. The Morgan fingerprint density at radius 3 is 2.33 bits per heavy atom. The van der Waals surface area contributed by atoms with E-state index >= 15 is 0 Å². The second-order valence-electron chi connectivity index (χ2n) is 5.54. The minimum atomic E-state index is -0.907. The van der Waals surface area contributed by atoms with Crippen molar-refractivity contribution in [2.75, 3.05) is 19.1 Å². The lowest BCUT2D eigenvalue weighted by Crippen LogP contribution is -2.54. The molecule has 4 amide bonds. The van der Waals surface area contributed by atoms with Gasteiger partial charge in [0, 0.05) is 11.6 Å². The molecule has 0 saturated carbocycles. The number of rotatable bonds is 4. The summed E-state index contributed by atoms with van der Waals surface area (Å²) < 4.78 is 23.5. The van der Waals surface area contributed by atoms with Crippen molar-refractivity contribution in [3.05, 3.63) is 59.4 Å². The van der Waals surface area contributed by atoms with Crippen LogP contribution in [0.4, 0.5) is 14.9 Å². The van der Waals surface area contributed by atoms with Gasteiger partial charge in [0.1, 0.15) is 22.9 Å². The number of hydrogen-bond donors (Lipinski definition) is 1. The monoisotopic (exact) mass is 370 g/mol. The average Bonchev–Trinajstić information content (AvgIpc) is 2.66. The van der Waals surface area contributed by atoms with E-state index in [-0.39, 0.29) is 11.3 Å². The minimum Gasteiger partial charge on any atom is -0.497 e. The third-order valence-electron chi connectivity index (χ3n) is 3.93. The summed E-state index contributed by atoms with van der Waals surface area (Å²) in [4.78, 5) is 37.9. The summed E-state index contributed by atoms with van der Waals surface area (Å²) in [5.74, 6) is -1.25. The molecule has 1 aliphatic rings. The Bertz CT molecular complexity index is 953. The van der Waals surface area contributed by atoms with Crippen LogP contribution >= 0.6 is 0 Å². The van der Waals surface area contributed by atoms with E-state index in [1.807, 2.05) is 0 Å². The van der Waals surface area contributed by atoms with Crippen molar-refractivity contribution in [1.29, 1.82) is 0 Å². The second-order valence-corrected chi connectivity index (χ2v) is 5.54. The highest BCUT2D eigenvalue weighted by atomic mass is 19.1. The number of imide groups is 2. The number of benzene rings is 2. The maximum atomic E-state index is 13.1. The molecular weight excluding hydrogens is 355 g/mol. The van der Waals surface area contributed by atoms with Gasteiger partial charge in [-0.2, -0.15) is 0 Å². The van der Waals surface area contributed by atoms with Gasteiger partial charge in [0.25, 0.3) is 11.8 Å². The van der Waals surface area contributed by atoms with Crippen molar-refractivity contribution in [1.82, 2.24) is 5.32 Å². The smallest absolute Gasteiger partial charge is 0.335 e. The Labute approximate surface area is 154 Å². The van der Waals surface area contributed by atoms with E-state index in [0.717, 1.165) is 17.0 Å². The molecule has 0 atom stereocenters. The van der Waals surface area contributed by atoms with Gasteiger partial charge in [0.05, 0.1) is 19.9 Å². The van der Waals surface area contributed by atoms with Gasteiger partial charge in [-0.05, 0) is 42.5 Å². The first-order chi connectivity index (χ1) is 12.9. The predicted octanol–water partition coefficient (Wildman–Crippen LogP) is 2.51. The molecule has 1 aliphatic heterocycles. The maximum absolute atomic E-state index is 13.1. The van der Waals surface area contributed by atoms with E-state index in [1.54, 1.807) is 18.2 Å². The van der Waals surface area contributed by atoms with Crippen LogP contribution in [0.15, 0.2) is 48.0 Å². The van der Waals surface area contributed by atoms with E-state index in [9.17, 15) is 18.8 Å². The number of urea groups is 1. The molecular formula is C19H15FN2O5. The van der Waals surface area contributed by atoms with Crippen LogP contribution < -0.4 is 19.7 Å². The third-order valence-corrected chi connectivity index (χ3v) is 3.93. The number of halogens is 1. The number of carbonyl (C=O) groups excluding carboxylic acids is 3. The summed E-state index contributed by atoms with van der Waals surface area (Å²) >= 11 is 0. The van der Waals surface area contributed by atoms with E-state index in [4.69, 9.17) is 9.47 Å². The molecule has 0 aromatic heterocycles. The van der Waals surface area contributed by atoms with Crippen molar-refractivity contribution in [2.24, 2.45) is 0 Å². The van der Waals surface area contributed by atoms with Gasteiger partial charge in [-0.25, -0.2) is 14.1 Å². The van der Waals surface area contributed by atoms with Crippen molar-refractivity contribution >= 4 is 29.6 Å². The first-order valence-corrected chi connectivity index (χ1v) is 7.83. The molecule has 2 aromatic rings. The highest BCUT2D eigenvalue weighted by Crippen LogP contribution is 2.28. The Morgan fingerprint density at radius 2 is 1.70 bits per heavy atom. The van der Waals surface area contributed by atoms with Crippen LogP contribution in [0.1, 0.15) is 5.56 Å². The van der Waals surface area contributed by atoms with Gasteiger partial charge in [0.2, 0.25) is 0 Å². The number of nitrogens with one attached hydrogen (secondary N) is 1. The molecule has 1 N–H and O–H groups in total. The van der Waals surface area contributed by atoms with Crippen molar-refractivity contribution in [3.8, 4) is 11.5 Å². The van der Waals surface area contributed by atoms with Crippen LogP contribution in [0.25, 0.3) is 6.08 Å². The Morgan fingerprint density at radius 1 is 1.00 bits per heavy atom. The lowest BCUT2D eigenvalue weighted by Gasteiger charge is -2.26. The van der Waals surface area contributed by atoms with E-state index < -0.39 is 23.7 Å². The number of hydrogen-bond acceptors (Lipinski definition) is 5. The van der Waals surface area contributed by atoms with Gasteiger partial charge < -0.3 is 9.47 Å². The molecule has 1 saturated heterocycles. The lowest BCUT2D eigenvalue weighted by molar-refractivity contribution is -0.122. The fourth-order valence-electron chi connectivity index (χ4n) is 2.58. The predicted molar refractivity (Wildman–Crippen MR) is 94.9 cm³/mol. The number of barbiturate groups is 1. The molecule has 7 nitrogen and oxygen atoms in total. The van der Waals surface area contributed by atoms with Gasteiger partial charge in [-0.1, -0.05) is 0 Å². The number of anilines is 1. The van der Waals surface area contributed by atoms with Crippen molar-refractivity contribution in [3.63, 3.8) is 0 Å². The fourth-order valence-corrected chi connectivity index (χ4v) is 2.58. The normalized spacial score (nSPS) is 15.7. The maximum Gasteiger partial charge on any atom is 0.335 e. The molecule has 0 bridgehead atoms. The topological polar surface area (TPSA) is 84.9 Å². The summed E-state index contributed by atoms with van der Waals surface area (Å²) in [6.07, 6.45) is 1.32. The van der Waals surface area contributed by atoms with Crippen LogP contribution in [-0.4, -0.2) is 32.1 Å². The van der Waals surface area contributed by atoms with E-state index in [0.29, 0.717) is 17.1 Å². The zero-order valence-corrected chi connectivity index (χ0v) is 14.5. The molecule has 138 valence electrons. The molecule has 0 aliphatic carbocycles. The number of ether oxygens (including phenoxy) is 2. The second kappa shape index (κ2) is 7.28. The third kappa shape index (κ3) is 3.50. The Kier molecular flexibility index (Phi) is 4.89. The zero-order valence-electron chi connectivity index (χ0n) is 14.5. The molecule has 1 heterocycles. The van der Waals surface area contributed by atoms with Crippen LogP contribution in [0.2, 0.25) is 0 Å². The van der Waals surface area contributed by atoms with E-state index in [1.165, 1.54) is 32.4 Å². The lowest BCUT2D eigenvalue weighted by atomic mass is 10.1. The number of carbonyl (C=O) groups is 3. The summed E-state index contributed by atoms with van der Waals surface area (Å²) in [7, 11) is 2.94. The minimum absolute atomic E-state index is 0.138. The van der Waals surface area contributed by atoms with Crippen molar-refractivity contribution in [2.45, 2.75) is 0 Å². The molecule has 1 fully saturated rings. The molecule has 3 rings (SSSR count). The Hall–Kier alpha value is -3.68. The number of methoxy groups -OCH3 is 2. The summed E-state index contributed by atoms with van der Waals surface area (Å²) in [6.45, 7) is 0. The number of amides is 4. The molecule has 2 aromatic carbocycles. The van der Waals surface area contributed by atoms with Crippen LogP contribution in [0, 0.1) is 5.82 Å². The highest BCUT2D eigenvalue weighted by Gasteiger charge is 2.37. The van der Waals surface area contributed by atoms with Gasteiger partial charge >= 0.3 is 6.03 Å². The standard InChI is InChI=1S/C19H15FN2O5/c1-26-14-8-3-11(16(10-14)27-2)9-15-17(23)21-19(25)22(18(15)24)13-6-4-12(20)5-7-13/h3-10H,1-2H3,(H,21,23,25). The van der Waals surface area contributed by atoms with E-state index in [2.05, 4.69) is 5.32 Å². The fraction of sp³-hybridized carbons (Fsp3) is 0.105. The number of nitrogens with zero attached hydrogens (tertiary/aromatic N) is 1. The molecule has 8 heteroatoms. The summed E-state index contributed by atoms with van der Waals surface area (Å²) in [5.41, 5.74) is 0.326. The van der Waals surface area contributed by atoms with Gasteiger partial charge in [-0.15, -0.1) is 0 Å². The molecule has 0 unspecified atom stereocenters. The molecule has 0 radical (unpaired) electrons. The quantitative estimate of drug-likeness (QED) is 0.660. The highest BCUT2D eigenvalue weighted by molar-refractivity contribution is 6.39. The first-order valence-electron chi connectivity index (χ1n) is 7.83. The Balaban J connectivity index is 2.03. The van der Waals surface area contributed by atoms with Crippen LogP contribution in [-0.2, 0) is 9.59 Å². The average molecular weight is 370 g/mol. The molecule has 0 spiro atoms. The summed E-state index contributed by atoms with van der Waals surface area (Å²) in [5, 5.41) is 2.10.